The van der Waals surface area contributed by atoms with Crippen LogP contribution < -0.4 is 0 Å². The first-order valence-corrected chi connectivity index (χ1v) is 5.64. The Morgan fingerprint density at radius 1 is 1.27 bits per heavy atom. The molecule has 78 valence electrons. The maximum atomic E-state index is 10.5. The van der Waals surface area contributed by atoms with Crippen LogP contribution in [0.25, 0.3) is 11.3 Å². The molecular weight excluding hydrogens is 212 g/mol. The molecule has 0 spiro atoms. The number of aromatic amines is 1. The third-order valence-electron chi connectivity index (χ3n) is 2.05. The van der Waals surface area contributed by atoms with Crippen molar-refractivity contribution in [1.29, 1.82) is 0 Å². The highest BCUT2D eigenvalue weighted by Crippen LogP contribution is 2.16. The molecule has 1 aromatic heterocycles. The van der Waals surface area contributed by atoms with Crippen molar-refractivity contribution in [3.63, 3.8) is 0 Å². The molecule has 2 rings (SSSR count). The standard InChI is InChI=1S/C10H10N2O2S/c13-15(14)7-8-1-3-9(4-2-8)10-5-6-11-12-10/h1-6H,7H2,(H,11,12)(H,13,14)/p-1. The molecule has 1 heterocycles. The number of aromatic nitrogens is 2. The molecule has 0 fully saturated rings. The second-order valence-electron chi connectivity index (χ2n) is 3.12. The number of hydrogen-bond acceptors (Lipinski definition) is 3. The van der Waals surface area contributed by atoms with Crippen molar-refractivity contribution in [3.05, 3.63) is 42.1 Å². The van der Waals surface area contributed by atoms with Gasteiger partial charge in [0, 0.05) is 11.9 Å². The van der Waals surface area contributed by atoms with Gasteiger partial charge in [-0.3, -0.25) is 9.31 Å². The number of benzene rings is 1. The minimum absolute atomic E-state index is 0.0588. The van der Waals surface area contributed by atoms with Crippen LogP contribution in [0.3, 0.4) is 0 Å². The molecule has 0 saturated carbocycles. The molecular formula is C10H9N2O2S-. The number of hydrogen-bond donors (Lipinski definition) is 1. The van der Waals surface area contributed by atoms with Crippen molar-refractivity contribution < 1.29 is 8.76 Å². The monoisotopic (exact) mass is 221 g/mol. The third kappa shape index (κ3) is 2.51. The predicted molar refractivity (Wildman–Crippen MR) is 56.6 cm³/mol. The van der Waals surface area contributed by atoms with E-state index in [0.717, 1.165) is 16.8 Å². The van der Waals surface area contributed by atoms with E-state index in [9.17, 15) is 8.76 Å². The Morgan fingerprint density at radius 3 is 2.53 bits per heavy atom. The van der Waals surface area contributed by atoms with Crippen LogP contribution in [0.15, 0.2) is 36.5 Å². The molecule has 4 nitrogen and oxygen atoms in total. The van der Waals surface area contributed by atoms with Crippen LogP contribution in [0.1, 0.15) is 5.56 Å². The molecule has 0 aliphatic rings. The highest BCUT2D eigenvalue weighted by Gasteiger charge is 1.98. The van der Waals surface area contributed by atoms with E-state index in [1.807, 2.05) is 18.2 Å². The van der Waals surface area contributed by atoms with Crippen LogP contribution in [0.4, 0.5) is 0 Å². The van der Waals surface area contributed by atoms with Crippen molar-refractivity contribution in [1.82, 2.24) is 10.2 Å². The average Bonchev–Trinajstić information content (AvgIpc) is 2.71. The fraction of sp³-hybridized carbons (Fsp3) is 0.100. The highest BCUT2D eigenvalue weighted by atomic mass is 32.2. The van der Waals surface area contributed by atoms with E-state index in [1.54, 1.807) is 18.3 Å². The van der Waals surface area contributed by atoms with Gasteiger partial charge in [-0.25, -0.2) is 0 Å². The second kappa shape index (κ2) is 4.37. The number of nitrogens with one attached hydrogen (secondary N) is 1. The zero-order chi connectivity index (χ0) is 10.7. The van der Waals surface area contributed by atoms with Crippen LogP contribution in [-0.2, 0) is 16.8 Å². The van der Waals surface area contributed by atoms with E-state index in [1.165, 1.54) is 0 Å². The Bertz CT molecular complexity index is 451. The van der Waals surface area contributed by atoms with Gasteiger partial charge in [-0.2, -0.15) is 5.10 Å². The summed E-state index contributed by atoms with van der Waals surface area (Å²) in [7, 11) is 0. The molecule has 0 aliphatic heterocycles. The van der Waals surface area contributed by atoms with Crippen molar-refractivity contribution in [2.45, 2.75) is 5.75 Å². The molecule has 1 unspecified atom stereocenters. The topological polar surface area (TPSA) is 68.8 Å². The molecule has 0 amide bonds. The summed E-state index contributed by atoms with van der Waals surface area (Å²) in [5.41, 5.74) is 2.70. The number of rotatable bonds is 3. The van der Waals surface area contributed by atoms with Gasteiger partial charge < -0.3 is 4.55 Å². The SMILES string of the molecule is O=S([O-])Cc1ccc(-c2ccn[nH]2)cc1. The van der Waals surface area contributed by atoms with E-state index < -0.39 is 11.1 Å². The molecule has 1 aromatic carbocycles. The minimum atomic E-state index is -2.03. The van der Waals surface area contributed by atoms with E-state index >= 15 is 0 Å². The van der Waals surface area contributed by atoms with Gasteiger partial charge in [0.05, 0.1) is 5.69 Å². The van der Waals surface area contributed by atoms with E-state index in [-0.39, 0.29) is 5.75 Å². The predicted octanol–water partition coefficient (Wildman–Crippen LogP) is 1.46. The third-order valence-corrected chi connectivity index (χ3v) is 2.62. The molecule has 0 saturated heterocycles. The molecule has 2 aromatic rings. The Hall–Kier alpha value is -1.46. The largest absolute Gasteiger partial charge is 0.772 e. The smallest absolute Gasteiger partial charge is 0.0650 e. The first-order chi connectivity index (χ1) is 7.25. The Kier molecular flexibility index (Phi) is 2.94. The van der Waals surface area contributed by atoms with Crippen LogP contribution >= 0.6 is 0 Å². The first-order valence-electron chi connectivity index (χ1n) is 4.40. The van der Waals surface area contributed by atoms with Gasteiger partial charge in [0.1, 0.15) is 0 Å². The Labute approximate surface area is 89.6 Å². The minimum Gasteiger partial charge on any atom is -0.772 e. The van der Waals surface area contributed by atoms with Crippen LogP contribution in [-0.4, -0.2) is 19.0 Å². The Morgan fingerprint density at radius 2 is 2.00 bits per heavy atom. The van der Waals surface area contributed by atoms with E-state index in [2.05, 4.69) is 10.2 Å². The van der Waals surface area contributed by atoms with Gasteiger partial charge in [-0.05, 0) is 17.2 Å². The van der Waals surface area contributed by atoms with Gasteiger partial charge >= 0.3 is 0 Å². The average molecular weight is 221 g/mol. The van der Waals surface area contributed by atoms with Gasteiger partial charge in [-0.1, -0.05) is 35.3 Å². The zero-order valence-electron chi connectivity index (χ0n) is 7.84. The summed E-state index contributed by atoms with van der Waals surface area (Å²) in [4.78, 5) is 0. The maximum Gasteiger partial charge on any atom is 0.0650 e. The quantitative estimate of drug-likeness (QED) is 0.798. The maximum absolute atomic E-state index is 10.5. The lowest BCUT2D eigenvalue weighted by atomic mass is 10.1. The molecule has 15 heavy (non-hydrogen) atoms. The normalized spacial score (nSPS) is 12.6. The molecule has 0 bridgehead atoms. The summed E-state index contributed by atoms with van der Waals surface area (Å²) in [6.45, 7) is 0. The van der Waals surface area contributed by atoms with Crippen molar-refractivity contribution in [2.24, 2.45) is 0 Å². The highest BCUT2D eigenvalue weighted by molar-refractivity contribution is 7.78. The van der Waals surface area contributed by atoms with Crippen molar-refractivity contribution >= 4 is 11.1 Å². The summed E-state index contributed by atoms with van der Waals surface area (Å²) in [5.74, 6) is 0.0588. The van der Waals surface area contributed by atoms with Crippen molar-refractivity contribution in [3.8, 4) is 11.3 Å². The van der Waals surface area contributed by atoms with E-state index in [0.29, 0.717) is 0 Å². The van der Waals surface area contributed by atoms with Gasteiger partial charge in [0.25, 0.3) is 0 Å². The lowest BCUT2D eigenvalue weighted by molar-refractivity contribution is 0.536. The first kappa shape index (κ1) is 10.1. The summed E-state index contributed by atoms with van der Waals surface area (Å²) in [6.07, 6.45) is 1.68. The van der Waals surface area contributed by atoms with Crippen LogP contribution in [0.2, 0.25) is 0 Å². The fourth-order valence-electron chi connectivity index (χ4n) is 1.33. The van der Waals surface area contributed by atoms with Crippen molar-refractivity contribution in [2.75, 3.05) is 0 Å². The molecule has 1 N–H and O–H groups in total. The number of nitrogens with zero attached hydrogens (tertiary/aromatic N) is 1. The molecule has 0 radical (unpaired) electrons. The summed E-state index contributed by atoms with van der Waals surface area (Å²) < 4.78 is 20.9. The molecule has 1 atom stereocenters. The van der Waals surface area contributed by atoms with Crippen LogP contribution in [0, 0.1) is 0 Å². The molecule has 0 aliphatic carbocycles. The number of H-pyrrole nitrogens is 1. The van der Waals surface area contributed by atoms with Crippen LogP contribution in [0.5, 0.6) is 0 Å². The van der Waals surface area contributed by atoms with E-state index in [4.69, 9.17) is 0 Å². The summed E-state index contributed by atoms with van der Waals surface area (Å²) in [6, 6.07) is 9.20. The fourth-order valence-corrected chi connectivity index (χ4v) is 1.80. The van der Waals surface area contributed by atoms with Gasteiger partial charge in [-0.15, -0.1) is 0 Å². The lowest BCUT2D eigenvalue weighted by Gasteiger charge is -2.05. The summed E-state index contributed by atoms with van der Waals surface area (Å²) >= 11 is -2.03. The summed E-state index contributed by atoms with van der Waals surface area (Å²) in [5, 5.41) is 6.69. The van der Waals surface area contributed by atoms with Gasteiger partial charge in [0.15, 0.2) is 0 Å². The van der Waals surface area contributed by atoms with Gasteiger partial charge in [0.2, 0.25) is 0 Å². The second-order valence-corrected chi connectivity index (χ2v) is 4.01. The Balaban J connectivity index is 2.21. The zero-order valence-corrected chi connectivity index (χ0v) is 8.66. The molecule has 5 heteroatoms. The lowest BCUT2D eigenvalue weighted by Crippen LogP contribution is -1.92.